The Bertz CT molecular complexity index is 802. The van der Waals surface area contributed by atoms with Crippen molar-refractivity contribution in [1.29, 1.82) is 0 Å². The largest absolute Gasteiger partial charge is 0.389 e. The number of aryl methyl sites for hydroxylation is 2. The summed E-state index contributed by atoms with van der Waals surface area (Å²) in [6.07, 6.45) is 3.13. The van der Waals surface area contributed by atoms with Gasteiger partial charge in [-0.25, -0.2) is 8.42 Å². The van der Waals surface area contributed by atoms with Crippen molar-refractivity contribution < 1.29 is 8.42 Å². The van der Waals surface area contributed by atoms with Gasteiger partial charge in [0.2, 0.25) is 0 Å². The molecule has 0 radical (unpaired) electrons. The highest BCUT2D eigenvalue weighted by atomic mass is 32.2. The van der Waals surface area contributed by atoms with Crippen LogP contribution in [0.15, 0.2) is 41.6 Å². The molecule has 7 heteroatoms. The van der Waals surface area contributed by atoms with Gasteiger partial charge in [-0.3, -0.25) is 9.71 Å². The van der Waals surface area contributed by atoms with Crippen molar-refractivity contribution in [3.8, 4) is 0 Å². The molecule has 1 aromatic heterocycles. The lowest BCUT2D eigenvalue weighted by Crippen LogP contribution is -2.16. The van der Waals surface area contributed by atoms with E-state index in [1.807, 2.05) is 0 Å². The highest BCUT2D eigenvalue weighted by Gasteiger charge is 2.18. The van der Waals surface area contributed by atoms with Gasteiger partial charge in [-0.1, -0.05) is 18.3 Å². The topological polar surface area (TPSA) is 85.1 Å². The maximum Gasteiger partial charge on any atom is 0.262 e. The number of pyridine rings is 1. The molecule has 21 heavy (non-hydrogen) atoms. The summed E-state index contributed by atoms with van der Waals surface area (Å²) in [7, 11) is -3.67. The van der Waals surface area contributed by atoms with Gasteiger partial charge in [0.1, 0.15) is 4.99 Å². The number of sulfonamides is 1. The van der Waals surface area contributed by atoms with E-state index in [1.165, 1.54) is 12.3 Å². The lowest BCUT2D eigenvalue weighted by atomic mass is 10.1. The first kappa shape index (κ1) is 15.4. The van der Waals surface area contributed by atoms with Crippen LogP contribution in [0, 0.1) is 13.8 Å². The van der Waals surface area contributed by atoms with E-state index in [4.69, 9.17) is 18.0 Å². The lowest BCUT2D eigenvalue weighted by Gasteiger charge is -2.12. The van der Waals surface area contributed by atoms with Crippen LogP contribution in [-0.4, -0.2) is 18.4 Å². The average molecular weight is 321 g/mol. The Balaban J connectivity index is 2.41. The van der Waals surface area contributed by atoms with E-state index in [0.717, 1.165) is 5.56 Å². The Morgan fingerprint density at radius 1 is 1.24 bits per heavy atom. The molecule has 1 aromatic carbocycles. The molecule has 0 bridgehead atoms. The third-order valence-corrected chi connectivity index (χ3v) is 4.78. The number of aromatic nitrogens is 1. The van der Waals surface area contributed by atoms with Crippen LogP contribution >= 0.6 is 12.2 Å². The Hall–Kier alpha value is -1.99. The molecule has 3 N–H and O–H groups in total. The molecule has 0 aliphatic heterocycles. The molecular weight excluding hydrogens is 306 g/mol. The van der Waals surface area contributed by atoms with Gasteiger partial charge in [0.05, 0.1) is 10.6 Å². The zero-order valence-corrected chi connectivity index (χ0v) is 13.3. The monoisotopic (exact) mass is 321 g/mol. The fourth-order valence-electron chi connectivity index (χ4n) is 1.89. The van der Waals surface area contributed by atoms with Gasteiger partial charge in [-0.15, -0.1) is 0 Å². The second kappa shape index (κ2) is 5.79. The molecule has 110 valence electrons. The van der Waals surface area contributed by atoms with Crippen molar-refractivity contribution in [3.63, 3.8) is 0 Å². The Labute approximate surface area is 129 Å². The number of thiocarbonyl (C=S) groups is 1. The van der Waals surface area contributed by atoms with Gasteiger partial charge >= 0.3 is 0 Å². The van der Waals surface area contributed by atoms with Crippen LogP contribution in [0.25, 0.3) is 0 Å². The molecule has 0 saturated carbocycles. The van der Waals surface area contributed by atoms with E-state index in [1.54, 1.807) is 38.2 Å². The second-order valence-electron chi connectivity index (χ2n) is 4.64. The highest BCUT2D eigenvalue weighted by Crippen LogP contribution is 2.22. The molecule has 0 fully saturated rings. The number of nitrogens with zero attached hydrogens (tertiary/aromatic N) is 1. The minimum Gasteiger partial charge on any atom is -0.389 e. The lowest BCUT2D eigenvalue weighted by molar-refractivity contribution is 0.600. The summed E-state index contributed by atoms with van der Waals surface area (Å²) >= 11 is 4.89. The fraction of sp³-hybridized carbons (Fsp3) is 0.143. The highest BCUT2D eigenvalue weighted by molar-refractivity contribution is 7.92. The van der Waals surface area contributed by atoms with E-state index in [0.29, 0.717) is 16.8 Å². The van der Waals surface area contributed by atoms with Crippen molar-refractivity contribution in [1.82, 2.24) is 4.98 Å². The van der Waals surface area contributed by atoms with Crippen molar-refractivity contribution >= 4 is 32.9 Å². The molecule has 0 amide bonds. The Morgan fingerprint density at radius 3 is 2.52 bits per heavy atom. The molecule has 0 aliphatic rings. The summed E-state index contributed by atoms with van der Waals surface area (Å²) in [6, 6.07) is 6.38. The number of nitrogens with two attached hydrogens (primary N) is 1. The molecule has 2 aromatic rings. The molecule has 0 spiro atoms. The first-order valence-electron chi connectivity index (χ1n) is 6.15. The van der Waals surface area contributed by atoms with E-state index in [2.05, 4.69) is 9.71 Å². The fourth-order valence-corrected chi connectivity index (χ4v) is 3.38. The van der Waals surface area contributed by atoms with Gasteiger partial charge in [0.15, 0.2) is 0 Å². The van der Waals surface area contributed by atoms with Crippen LogP contribution < -0.4 is 10.5 Å². The first-order valence-corrected chi connectivity index (χ1v) is 8.04. The summed E-state index contributed by atoms with van der Waals surface area (Å²) in [5.41, 5.74) is 8.02. The molecule has 0 atom stereocenters. The van der Waals surface area contributed by atoms with E-state index < -0.39 is 10.0 Å². The number of hydrogen-bond acceptors (Lipinski definition) is 4. The Morgan fingerprint density at radius 2 is 1.95 bits per heavy atom. The van der Waals surface area contributed by atoms with Crippen LogP contribution in [0.1, 0.15) is 16.7 Å². The minimum absolute atomic E-state index is 0.193. The maximum atomic E-state index is 12.5. The molecule has 0 unspecified atom stereocenters. The zero-order valence-electron chi connectivity index (χ0n) is 11.6. The quantitative estimate of drug-likeness (QED) is 0.843. The standard InChI is InChI=1S/C14H15N3O2S2/c1-9-7-11(14(15)20)3-4-13(9)21(18,19)17-12-5-6-16-8-10(12)2/h3-8H,1-2H3,(H2,15,20)(H,16,17). The zero-order chi connectivity index (χ0) is 15.6. The minimum atomic E-state index is -3.67. The van der Waals surface area contributed by atoms with Gasteiger partial charge in [0, 0.05) is 18.0 Å². The van der Waals surface area contributed by atoms with Crippen molar-refractivity contribution in [2.24, 2.45) is 5.73 Å². The van der Waals surface area contributed by atoms with Crippen molar-refractivity contribution in [2.45, 2.75) is 18.7 Å². The third-order valence-electron chi connectivity index (χ3n) is 3.01. The third kappa shape index (κ3) is 3.37. The van der Waals surface area contributed by atoms with Crippen LogP contribution in [0.4, 0.5) is 5.69 Å². The van der Waals surface area contributed by atoms with Gasteiger partial charge in [-0.05, 0) is 43.2 Å². The van der Waals surface area contributed by atoms with Crippen molar-refractivity contribution in [3.05, 3.63) is 53.3 Å². The van der Waals surface area contributed by atoms with Crippen LogP contribution in [0.5, 0.6) is 0 Å². The van der Waals surface area contributed by atoms with E-state index >= 15 is 0 Å². The molecule has 0 aliphatic carbocycles. The number of rotatable bonds is 4. The summed E-state index contributed by atoms with van der Waals surface area (Å²) in [5.74, 6) is 0. The molecular formula is C14H15N3O2S2. The normalized spacial score (nSPS) is 11.1. The smallest absolute Gasteiger partial charge is 0.262 e. The predicted octanol–water partition coefficient (Wildman–Crippen LogP) is 2.13. The predicted molar refractivity (Wildman–Crippen MR) is 86.8 cm³/mol. The number of nitrogens with one attached hydrogen (secondary N) is 1. The maximum absolute atomic E-state index is 12.5. The van der Waals surface area contributed by atoms with Gasteiger partial charge in [0.25, 0.3) is 10.0 Å². The van der Waals surface area contributed by atoms with Crippen LogP contribution in [0.2, 0.25) is 0 Å². The molecule has 0 saturated heterocycles. The van der Waals surface area contributed by atoms with Gasteiger partial charge in [-0.2, -0.15) is 0 Å². The number of benzene rings is 1. The van der Waals surface area contributed by atoms with Crippen LogP contribution in [-0.2, 0) is 10.0 Å². The average Bonchev–Trinajstić information content (AvgIpc) is 2.40. The summed E-state index contributed by atoms with van der Waals surface area (Å²) in [4.78, 5) is 4.36. The molecule has 1 heterocycles. The van der Waals surface area contributed by atoms with E-state index in [9.17, 15) is 8.42 Å². The van der Waals surface area contributed by atoms with Crippen LogP contribution in [0.3, 0.4) is 0 Å². The second-order valence-corrected chi connectivity index (χ2v) is 6.73. The Kier molecular flexibility index (Phi) is 4.24. The molecule has 5 nitrogen and oxygen atoms in total. The number of anilines is 1. The van der Waals surface area contributed by atoms with E-state index in [-0.39, 0.29) is 9.88 Å². The first-order chi connectivity index (χ1) is 9.81. The summed E-state index contributed by atoms with van der Waals surface area (Å²) < 4.78 is 27.5. The van der Waals surface area contributed by atoms with Gasteiger partial charge < -0.3 is 5.73 Å². The SMILES string of the molecule is Cc1cnccc1NS(=O)(=O)c1ccc(C(N)=S)cc1C. The van der Waals surface area contributed by atoms with Crippen molar-refractivity contribution in [2.75, 3.05) is 4.72 Å². The summed E-state index contributed by atoms with van der Waals surface area (Å²) in [5, 5.41) is 0. The number of hydrogen-bond donors (Lipinski definition) is 2. The summed E-state index contributed by atoms with van der Waals surface area (Å²) in [6.45, 7) is 3.49. The molecule has 2 rings (SSSR count).